The van der Waals surface area contributed by atoms with Crippen molar-refractivity contribution < 1.29 is 0 Å². The van der Waals surface area contributed by atoms with Crippen molar-refractivity contribution in [2.24, 2.45) is 0 Å². The summed E-state index contributed by atoms with van der Waals surface area (Å²) in [6.07, 6.45) is 1.24. The molecule has 43 heavy (non-hydrogen) atoms. The molecule has 0 spiro atoms. The molecule has 4 nitrogen and oxygen atoms in total. The van der Waals surface area contributed by atoms with Crippen molar-refractivity contribution in [2.75, 3.05) is 49.9 Å². The van der Waals surface area contributed by atoms with E-state index in [0.29, 0.717) is 5.92 Å². The van der Waals surface area contributed by atoms with Gasteiger partial charge in [0, 0.05) is 57.0 Å². The predicted molar refractivity (Wildman–Crippen MR) is 204 cm³/mol. The van der Waals surface area contributed by atoms with E-state index in [1.807, 2.05) is 95.4 Å². The molecule has 0 amide bonds. The van der Waals surface area contributed by atoms with Gasteiger partial charge in [0.2, 0.25) is 0 Å². The number of hydrogen-bond donors (Lipinski definition) is 0. The molecular formula is C38H70N4S. The highest BCUT2D eigenvalue weighted by molar-refractivity contribution is 7.15. The van der Waals surface area contributed by atoms with Gasteiger partial charge in [-0.2, -0.15) is 0 Å². The molecule has 2 heterocycles. The Kier molecular flexibility index (Phi) is 24.9. The lowest BCUT2D eigenvalue weighted by atomic mass is 9.80. The number of fused-ring (bicyclic) bond motifs is 1. The van der Waals surface area contributed by atoms with Crippen molar-refractivity contribution in [1.82, 2.24) is 4.98 Å². The maximum atomic E-state index is 4.35. The zero-order valence-electron chi connectivity index (χ0n) is 32.0. The summed E-state index contributed by atoms with van der Waals surface area (Å²) in [6, 6.07) is 15.3. The van der Waals surface area contributed by atoms with Gasteiger partial charge in [-0.05, 0) is 77.6 Å². The van der Waals surface area contributed by atoms with Crippen LogP contribution >= 0.6 is 11.3 Å². The number of anilines is 3. The maximum Gasteiger partial charge on any atom is 0.185 e. The first kappa shape index (κ1) is 44.9. The fraction of sp³-hybridized carbons (Fsp3) is 0.605. The van der Waals surface area contributed by atoms with Gasteiger partial charge in [-0.1, -0.05) is 97.7 Å². The molecule has 5 heteroatoms. The number of aryl methyl sites for hydroxylation is 4. The van der Waals surface area contributed by atoms with Gasteiger partial charge in [0.1, 0.15) is 0 Å². The molecule has 0 fully saturated rings. The van der Waals surface area contributed by atoms with E-state index in [4.69, 9.17) is 0 Å². The third-order valence-electron chi connectivity index (χ3n) is 6.74. The third-order valence-corrected chi connectivity index (χ3v) is 7.98. The minimum atomic E-state index is 0.279. The summed E-state index contributed by atoms with van der Waals surface area (Å²) in [6.45, 7) is 31.4. The van der Waals surface area contributed by atoms with E-state index in [0.717, 1.165) is 10.8 Å². The fourth-order valence-corrected chi connectivity index (χ4v) is 5.02. The Bertz CT molecular complexity index is 1060. The minimum Gasteiger partial charge on any atom is -0.378 e. The van der Waals surface area contributed by atoms with Crippen molar-refractivity contribution in [3.05, 3.63) is 69.7 Å². The summed E-state index contributed by atoms with van der Waals surface area (Å²) >= 11 is 1.74. The highest BCUT2D eigenvalue weighted by Gasteiger charge is 2.33. The number of benzene rings is 2. The summed E-state index contributed by atoms with van der Waals surface area (Å²) in [7, 11) is 10.3. The van der Waals surface area contributed by atoms with Crippen molar-refractivity contribution in [1.29, 1.82) is 0 Å². The lowest BCUT2D eigenvalue weighted by Gasteiger charge is -2.45. The summed E-state index contributed by atoms with van der Waals surface area (Å²) in [5, 5.41) is 1.09. The van der Waals surface area contributed by atoms with Crippen LogP contribution in [0.4, 0.5) is 16.5 Å². The first-order chi connectivity index (χ1) is 20.2. The molecule has 0 N–H and O–H groups in total. The van der Waals surface area contributed by atoms with Crippen LogP contribution in [0, 0.1) is 27.7 Å². The standard InChI is InChI=1S/C14H21N.C9H13N.C7H12N2S.4C2H6/c1-10-6-7-13-12(8-10)11(2)9-14(3,4)15(13)5;1-8-4-6-9(7-5-8)10(2)3;1-5-6(2)10-7(8-5)9(3)4;4*1-2/h6-8,11H,9H2,1-5H3;4-7H,1-3H3;1-4H3;4*1-2H3. The van der Waals surface area contributed by atoms with Crippen LogP contribution < -0.4 is 14.7 Å². The van der Waals surface area contributed by atoms with Crippen LogP contribution in [0.2, 0.25) is 0 Å². The first-order valence-electron chi connectivity index (χ1n) is 16.4. The summed E-state index contributed by atoms with van der Waals surface area (Å²) in [5.74, 6) is 0.672. The van der Waals surface area contributed by atoms with E-state index < -0.39 is 0 Å². The Hall–Kier alpha value is -2.53. The van der Waals surface area contributed by atoms with Crippen LogP contribution in [0.1, 0.15) is 116 Å². The van der Waals surface area contributed by atoms with Gasteiger partial charge < -0.3 is 14.7 Å². The molecule has 1 aromatic heterocycles. The lowest BCUT2D eigenvalue weighted by molar-refractivity contribution is 0.395. The van der Waals surface area contributed by atoms with Crippen molar-refractivity contribution in [2.45, 2.75) is 122 Å². The van der Waals surface area contributed by atoms with Crippen LogP contribution in [0.3, 0.4) is 0 Å². The Labute approximate surface area is 273 Å². The van der Waals surface area contributed by atoms with Crippen LogP contribution in [-0.2, 0) is 0 Å². The average molecular weight is 615 g/mol. The van der Waals surface area contributed by atoms with Crippen LogP contribution in [-0.4, -0.2) is 45.8 Å². The van der Waals surface area contributed by atoms with E-state index in [-0.39, 0.29) is 5.54 Å². The zero-order chi connectivity index (χ0) is 34.5. The second-order valence-corrected chi connectivity index (χ2v) is 12.0. The molecule has 248 valence electrons. The topological polar surface area (TPSA) is 22.6 Å². The molecule has 1 aliphatic heterocycles. The Morgan fingerprint density at radius 1 is 0.744 bits per heavy atom. The third kappa shape index (κ3) is 15.7. The van der Waals surface area contributed by atoms with Crippen LogP contribution in [0.5, 0.6) is 0 Å². The normalized spacial score (nSPS) is 13.4. The van der Waals surface area contributed by atoms with Gasteiger partial charge in [-0.3, -0.25) is 0 Å². The Balaban J connectivity index is -0.000000510. The monoisotopic (exact) mass is 615 g/mol. The molecule has 3 aromatic rings. The average Bonchev–Trinajstić information content (AvgIpc) is 3.35. The van der Waals surface area contributed by atoms with E-state index in [1.165, 1.54) is 39.4 Å². The molecule has 1 unspecified atom stereocenters. The summed E-state index contributed by atoms with van der Waals surface area (Å²) < 4.78 is 0. The maximum absolute atomic E-state index is 4.35. The summed E-state index contributed by atoms with van der Waals surface area (Å²) in [5.41, 5.74) is 8.28. The highest BCUT2D eigenvalue weighted by atomic mass is 32.1. The predicted octanol–water partition coefficient (Wildman–Crippen LogP) is 11.7. The molecule has 0 radical (unpaired) electrons. The second kappa shape index (κ2) is 23.9. The molecule has 0 saturated heterocycles. The molecule has 0 aliphatic carbocycles. The van der Waals surface area contributed by atoms with Gasteiger partial charge in [0.15, 0.2) is 5.13 Å². The van der Waals surface area contributed by atoms with Crippen molar-refractivity contribution in [3.8, 4) is 0 Å². The number of aromatic nitrogens is 1. The Morgan fingerprint density at radius 2 is 1.21 bits per heavy atom. The molecule has 0 saturated carbocycles. The highest BCUT2D eigenvalue weighted by Crippen LogP contribution is 2.42. The molecule has 0 bridgehead atoms. The van der Waals surface area contributed by atoms with Gasteiger partial charge in [-0.25, -0.2) is 4.98 Å². The van der Waals surface area contributed by atoms with Crippen molar-refractivity contribution >= 4 is 27.8 Å². The van der Waals surface area contributed by atoms with Crippen LogP contribution in [0.15, 0.2) is 42.5 Å². The van der Waals surface area contributed by atoms with E-state index in [2.05, 4.69) is 106 Å². The van der Waals surface area contributed by atoms with Crippen molar-refractivity contribution in [3.63, 3.8) is 0 Å². The van der Waals surface area contributed by atoms with Crippen LogP contribution in [0.25, 0.3) is 0 Å². The second-order valence-electron chi connectivity index (χ2n) is 10.8. The van der Waals surface area contributed by atoms with E-state index >= 15 is 0 Å². The molecule has 1 atom stereocenters. The number of hydrogen-bond acceptors (Lipinski definition) is 5. The number of nitrogens with zero attached hydrogens (tertiary/aromatic N) is 4. The SMILES string of the molecule is CC.CC.CC.CC.Cc1ccc(N(C)C)cc1.Cc1ccc2c(c1)C(C)CC(C)(C)N2C.Cc1nc(N(C)C)sc1C. The molecular weight excluding hydrogens is 545 g/mol. The largest absolute Gasteiger partial charge is 0.378 e. The first-order valence-corrected chi connectivity index (χ1v) is 17.2. The van der Waals surface area contributed by atoms with E-state index in [1.54, 1.807) is 11.3 Å². The van der Waals surface area contributed by atoms with Gasteiger partial charge in [0.05, 0.1) is 5.69 Å². The molecule has 4 rings (SSSR count). The molecule has 2 aromatic carbocycles. The lowest BCUT2D eigenvalue weighted by Crippen LogP contribution is -2.45. The quantitative estimate of drug-likeness (QED) is 0.286. The fourth-order valence-electron chi connectivity index (χ4n) is 4.19. The van der Waals surface area contributed by atoms with Gasteiger partial charge >= 0.3 is 0 Å². The summed E-state index contributed by atoms with van der Waals surface area (Å²) in [4.78, 5) is 12.2. The number of rotatable bonds is 2. The minimum absolute atomic E-state index is 0.279. The van der Waals surface area contributed by atoms with E-state index in [9.17, 15) is 0 Å². The number of thiazole rings is 1. The Morgan fingerprint density at radius 3 is 1.58 bits per heavy atom. The van der Waals surface area contributed by atoms with Gasteiger partial charge in [-0.15, -0.1) is 11.3 Å². The van der Waals surface area contributed by atoms with Gasteiger partial charge in [0.25, 0.3) is 0 Å². The zero-order valence-corrected chi connectivity index (χ0v) is 32.8. The molecule has 1 aliphatic rings. The smallest absolute Gasteiger partial charge is 0.185 e.